The molecule has 1 aliphatic carbocycles. The van der Waals surface area contributed by atoms with Gasteiger partial charge < -0.3 is 5.32 Å². The minimum Gasteiger partial charge on any atom is -0.313 e. The molecule has 1 fully saturated rings. The normalized spacial score (nSPS) is 16.5. The Morgan fingerprint density at radius 1 is 1.06 bits per heavy atom. The van der Waals surface area contributed by atoms with E-state index in [-0.39, 0.29) is 0 Å². The van der Waals surface area contributed by atoms with Crippen LogP contribution in [-0.2, 0) is 13.0 Å². The maximum absolute atomic E-state index is 3.57. The van der Waals surface area contributed by atoms with Gasteiger partial charge in [-0.25, -0.2) is 0 Å². The van der Waals surface area contributed by atoms with Gasteiger partial charge in [0.15, 0.2) is 0 Å². The van der Waals surface area contributed by atoms with Crippen LogP contribution in [-0.4, -0.2) is 6.54 Å². The fourth-order valence-corrected chi connectivity index (χ4v) is 2.73. The molecule has 1 N–H and O–H groups in total. The summed E-state index contributed by atoms with van der Waals surface area (Å²) in [5, 5.41) is 3.57. The first-order chi connectivity index (χ1) is 8.38. The summed E-state index contributed by atoms with van der Waals surface area (Å²) in [6.07, 6.45) is 8.36. The van der Waals surface area contributed by atoms with Gasteiger partial charge in [0.1, 0.15) is 0 Å². The van der Waals surface area contributed by atoms with E-state index in [1.54, 1.807) is 0 Å². The molecule has 0 bridgehead atoms. The van der Waals surface area contributed by atoms with E-state index in [0.717, 1.165) is 18.9 Å². The van der Waals surface area contributed by atoms with Crippen molar-refractivity contribution in [2.45, 2.75) is 52.0 Å². The second kappa shape index (κ2) is 6.80. The van der Waals surface area contributed by atoms with E-state index in [4.69, 9.17) is 0 Å². The van der Waals surface area contributed by atoms with Crippen LogP contribution in [0.2, 0.25) is 0 Å². The fourth-order valence-electron chi connectivity index (χ4n) is 2.73. The van der Waals surface area contributed by atoms with Gasteiger partial charge in [-0.15, -0.1) is 0 Å². The highest BCUT2D eigenvalue weighted by Gasteiger charge is 2.13. The molecule has 0 aromatic heterocycles. The summed E-state index contributed by atoms with van der Waals surface area (Å²) >= 11 is 0. The standard InChI is InChI=1S/C16H25N/c1-2-14-7-9-16(10-8-14)13-17-12-11-15-5-3-4-6-15/h7-10,15,17H,2-6,11-13H2,1H3. The van der Waals surface area contributed by atoms with Gasteiger partial charge in [0.2, 0.25) is 0 Å². The molecule has 0 unspecified atom stereocenters. The summed E-state index contributed by atoms with van der Waals surface area (Å²) in [5.41, 5.74) is 2.84. The van der Waals surface area contributed by atoms with Crippen molar-refractivity contribution in [3.05, 3.63) is 35.4 Å². The van der Waals surface area contributed by atoms with Crippen molar-refractivity contribution < 1.29 is 0 Å². The zero-order chi connectivity index (χ0) is 11.9. The van der Waals surface area contributed by atoms with Crippen LogP contribution in [0, 0.1) is 5.92 Å². The first-order valence-corrected chi connectivity index (χ1v) is 7.17. The molecule has 17 heavy (non-hydrogen) atoms. The SMILES string of the molecule is CCc1ccc(CNCCC2CCCC2)cc1. The van der Waals surface area contributed by atoms with Crippen molar-refractivity contribution in [2.75, 3.05) is 6.54 Å². The van der Waals surface area contributed by atoms with Crippen LogP contribution >= 0.6 is 0 Å². The topological polar surface area (TPSA) is 12.0 Å². The van der Waals surface area contributed by atoms with Crippen LogP contribution in [0.4, 0.5) is 0 Å². The fraction of sp³-hybridized carbons (Fsp3) is 0.625. The molecular formula is C16H25N. The molecule has 0 amide bonds. The minimum atomic E-state index is 1.00. The third kappa shape index (κ3) is 4.16. The molecular weight excluding hydrogens is 206 g/mol. The Morgan fingerprint density at radius 2 is 1.71 bits per heavy atom. The highest BCUT2D eigenvalue weighted by Crippen LogP contribution is 2.26. The van der Waals surface area contributed by atoms with E-state index >= 15 is 0 Å². The largest absolute Gasteiger partial charge is 0.313 e. The Hall–Kier alpha value is -0.820. The number of aryl methyl sites for hydroxylation is 1. The second-order valence-corrected chi connectivity index (χ2v) is 5.29. The summed E-state index contributed by atoms with van der Waals surface area (Å²) in [4.78, 5) is 0. The van der Waals surface area contributed by atoms with E-state index in [1.807, 2.05) is 0 Å². The predicted octanol–water partition coefficient (Wildman–Crippen LogP) is 3.92. The zero-order valence-corrected chi connectivity index (χ0v) is 11.0. The molecule has 1 saturated carbocycles. The van der Waals surface area contributed by atoms with Crippen LogP contribution in [0.15, 0.2) is 24.3 Å². The summed E-state index contributed by atoms with van der Waals surface area (Å²) in [6, 6.07) is 8.99. The lowest BCUT2D eigenvalue weighted by Gasteiger charge is -2.10. The van der Waals surface area contributed by atoms with Crippen molar-refractivity contribution in [2.24, 2.45) is 5.92 Å². The minimum absolute atomic E-state index is 1.00. The molecule has 0 aliphatic heterocycles. The summed E-state index contributed by atoms with van der Waals surface area (Å²) in [6.45, 7) is 4.41. The molecule has 2 rings (SSSR count). The molecule has 94 valence electrons. The molecule has 1 aromatic carbocycles. The van der Waals surface area contributed by atoms with Gasteiger partial charge in [0.05, 0.1) is 0 Å². The van der Waals surface area contributed by atoms with Crippen molar-refractivity contribution in [1.82, 2.24) is 5.32 Å². The number of nitrogens with one attached hydrogen (secondary N) is 1. The number of hydrogen-bond acceptors (Lipinski definition) is 1. The van der Waals surface area contributed by atoms with Crippen LogP contribution < -0.4 is 5.32 Å². The summed E-state index contributed by atoms with van der Waals surface area (Å²) in [5.74, 6) is 1.00. The molecule has 1 aromatic rings. The lowest BCUT2D eigenvalue weighted by Crippen LogP contribution is -2.16. The molecule has 0 saturated heterocycles. The predicted molar refractivity (Wildman–Crippen MR) is 74.1 cm³/mol. The smallest absolute Gasteiger partial charge is 0.0205 e. The molecule has 0 radical (unpaired) electrons. The summed E-state index contributed by atoms with van der Waals surface area (Å²) in [7, 11) is 0. The molecule has 0 atom stereocenters. The molecule has 1 heteroatoms. The van der Waals surface area contributed by atoms with Gasteiger partial charge >= 0.3 is 0 Å². The van der Waals surface area contributed by atoms with Crippen LogP contribution in [0.1, 0.15) is 50.2 Å². The lowest BCUT2D eigenvalue weighted by molar-refractivity contribution is 0.477. The Labute approximate surface area is 106 Å². The van der Waals surface area contributed by atoms with Crippen LogP contribution in [0.3, 0.4) is 0 Å². The van der Waals surface area contributed by atoms with Crippen LogP contribution in [0.5, 0.6) is 0 Å². The first-order valence-electron chi connectivity index (χ1n) is 7.17. The molecule has 0 spiro atoms. The van der Waals surface area contributed by atoms with E-state index in [1.165, 1.54) is 49.8 Å². The number of benzene rings is 1. The third-order valence-corrected chi connectivity index (χ3v) is 3.96. The third-order valence-electron chi connectivity index (χ3n) is 3.96. The number of hydrogen-bond donors (Lipinski definition) is 1. The van der Waals surface area contributed by atoms with Gasteiger partial charge in [-0.05, 0) is 36.4 Å². The van der Waals surface area contributed by atoms with Crippen LogP contribution in [0.25, 0.3) is 0 Å². The molecule has 0 heterocycles. The Kier molecular flexibility index (Phi) is 5.06. The Balaban J connectivity index is 1.63. The van der Waals surface area contributed by atoms with Gasteiger partial charge in [-0.2, -0.15) is 0 Å². The number of rotatable bonds is 6. The zero-order valence-electron chi connectivity index (χ0n) is 11.0. The summed E-state index contributed by atoms with van der Waals surface area (Å²) < 4.78 is 0. The highest BCUT2D eigenvalue weighted by molar-refractivity contribution is 5.22. The maximum Gasteiger partial charge on any atom is 0.0205 e. The van der Waals surface area contributed by atoms with Crippen molar-refractivity contribution in [3.63, 3.8) is 0 Å². The van der Waals surface area contributed by atoms with Crippen molar-refractivity contribution >= 4 is 0 Å². The van der Waals surface area contributed by atoms with Gasteiger partial charge in [-0.3, -0.25) is 0 Å². The molecule has 1 aliphatic rings. The van der Waals surface area contributed by atoms with E-state index in [9.17, 15) is 0 Å². The quantitative estimate of drug-likeness (QED) is 0.732. The first kappa shape index (κ1) is 12.6. The van der Waals surface area contributed by atoms with Crippen molar-refractivity contribution in [3.8, 4) is 0 Å². The Bertz CT molecular complexity index is 309. The average Bonchev–Trinajstić information content (AvgIpc) is 2.88. The monoisotopic (exact) mass is 231 g/mol. The van der Waals surface area contributed by atoms with Gasteiger partial charge in [0.25, 0.3) is 0 Å². The molecule has 1 nitrogen and oxygen atoms in total. The van der Waals surface area contributed by atoms with Gasteiger partial charge in [-0.1, -0.05) is 56.9 Å². The average molecular weight is 231 g/mol. The highest BCUT2D eigenvalue weighted by atomic mass is 14.8. The van der Waals surface area contributed by atoms with E-state index in [2.05, 4.69) is 36.5 Å². The second-order valence-electron chi connectivity index (χ2n) is 5.29. The van der Waals surface area contributed by atoms with E-state index < -0.39 is 0 Å². The van der Waals surface area contributed by atoms with E-state index in [0.29, 0.717) is 0 Å². The maximum atomic E-state index is 3.57. The van der Waals surface area contributed by atoms with Crippen molar-refractivity contribution in [1.29, 1.82) is 0 Å². The lowest BCUT2D eigenvalue weighted by atomic mass is 10.0. The Morgan fingerprint density at radius 3 is 2.35 bits per heavy atom. The van der Waals surface area contributed by atoms with Gasteiger partial charge in [0, 0.05) is 6.54 Å².